The summed E-state index contributed by atoms with van der Waals surface area (Å²) in [7, 11) is 0. The van der Waals surface area contributed by atoms with Gasteiger partial charge in [0, 0.05) is 11.3 Å². The number of nitrogens with zero attached hydrogens (tertiary/aromatic N) is 1. The molecule has 1 atom stereocenters. The number of aromatic nitrogens is 1. The molecular weight excluding hydrogens is 252 g/mol. The van der Waals surface area contributed by atoms with Crippen LogP contribution >= 0.6 is 0 Å². The Morgan fingerprint density at radius 2 is 2.15 bits per heavy atom. The van der Waals surface area contributed by atoms with Crippen molar-refractivity contribution in [3.8, 4) is 11.3 Å². The Labute approximate surface area is 117 Å². The molecule has 0 radical (unpaired) electrons. The van der Waals surface area contributed by atoms with Gasteiger partial charge >= 0.3 is 0 Å². The summed E-state index contributed by atoms with van der Waals surface area (Å²) in [4.78, 5) is 3.94. The van der Waals surface area contributed by atoms with Gasteiger partial charge < -0.3 is 14.2 Å². The summed E-state index contributed by atoms with van der Waals surface area (Å²) in [6.45, 7) is 2.13. The van der Waals surface area contributed by atoms with Crippen molar-refractivity contribution < 1.29 is 8.83 Å². The minimum Gasteiger partial charge on any atom is -0.467 e. The van der Waals surface area contributed by atoms with Crippen molar-refractivity contribution in [2.45, 2.75) is 19.4 Å². The predicted molar refractivity (Wildman–Crippen MR) is 77.3 cm³/mol. The molecule has 0 bridgehead atoms. The Balaban J connectivity index is 1.82. The van der Waals surface area contributed by atoms with Gasteiger partial charge in [-0.25, -0.2) is 4.98 Å². The van der Waals surface area contributed by atoms with Gasteiger partial charge in [0.05, 0.1) is 18.5 Å². The van der Waals surface area contributed by atoms with Crippen LogP contribution in [0.5, 0.6) is 0 Å². The lowest BCUT2D eigenvalue weighted by Gasteiger charge is -2.16. The fraction of sp³-hybridized carbons (Fsp3) is 0.188. The van der Waals surface area contributed by atoms with E-state index in [0.717, 1.165) is 29.2 Å². The van der Waals surface area contributed by atoms with E-state index in [1.54, 1.807) is 12.5 Å². The van der Waals surface area contributed by atoms with E-state index in [9.17, 15) is 0 Å². The fourth-order valence-electron chi connectivity index (χ4n) is 2.19. The molecule has 1 unspecified atom stereocenters. The highest BCUT2D eigenvalue weighted by atomic mass is 16.3. The van der Waals surface area contributed by atoms with Gasteiger partial charge in [-0.3, -0.25) is 0 Å². The second-order valence-electron chi connectivity index (χ2n) is 4.57. The van der Waals surface area contributed by atoms with E-state index < -0.39 is 0 Å². The van der Waals surface area contributed by atoms with E-state index in [-0.39, 0.29) is 6.04 Å². The van der Waals surface area contributed by atoms with Crippen molar-refractivity contribution in [2.24, 2.45) is 0 Å². The maximum absolute atomic E-state index is 5.47. The van der Waals surface area contributed by atoms with Gasteiger partial charge in [0.2, 0.25) is 0 Å². The smallest absolute Gasteiger partial charge is 0.181 e. The van der Waals surface area contributed by atoms with Crippen molar-refractivity contribution in [1.29, 1.82) is 0 Å². The number of hydrogen-bond donors (Lipinski definition) is 1. The number of furan rings is 1. The van der Waals surface area contributed by atoms with Crippen LogP contribution in [0.25, 0.3) is 11.3 Å². The van der Waals surface area contributed by atoms with Gasteiger partial charge in [-0.15, -0.1) is 0 Å². The summed E-state index contributed by atoms with van der Waals surface area (Å²) in [6.07, 6.45) is 5.79. The summed E-state index contributed by atoms with van der Waals surface area (Å²) < 4.78 is 10.8. The highest BCUT2D eigenvalue weighted by Gasteiger charge is 2.12. The maximum atomic E-state index is 5.47. The van der Waals surface area contributed by atoms with Crippen molar-refractivity contribution in [3.63, 3.8) is 0 Å². The number of anilines is 1. The first-order valence-corrected chi connectivity index (χ1v) is 6.65. The Morgan fingerprint density at radius 1 is 1.20 bits per heavy atom. The zero-order valence-corrected chi connectivity index (χ0v) is 11.2. The topological polar surface area (TPSA) is 51.2 Å². The predicted octanol–water partition coefficient (Wildman–Crippen LogP) is 4.50. The Kier molecular flexibility index (Phi) is 3.54. The number of benzene rings is 1. The molecule has 0 saturated heterocycles. The second kappa shape index (κ2) is 5.65. The van der Waals surface area contributed by atoms with Crippen molar-refractivity contribution in [1.82, 2.24) is 4.98 Å². The minimum atomic E-state index is 0.162. The lowest BCUT2D eigenvalue weighted by molar-refractivity contribution is 0.474. The Bertz CT molecular complexity index is 645. The standard InChI is InChI=1S/C16H16N2O2/c1-2-14(15-7-4-8-19-15)18-13-6-3-5-12(9-13)16-10-17-11-20-16/h3-11,14,18H,2H2,1H3. The summed E-state index contributed by atoms with van der Waals surface area (Å²) in [5.41, 5.74) is 2.03. The van der Waals surface area contributed by atoms with Crippen LogP contribution in [0.2, 0.25) is 0 Å². The van der Waals surface area contributed by atoms with E-state index >= 15 is 0 Å². The van der Waals surface area contributed by atoms with Crippen LogP contribution in [-0.2, 0) is 0 Å². The van der Waals surface area contributed by atoms with Crippen LogP contribution in [0.4, 0.5) is 5.69 Å². The quantitative estimate of drug-likeness (QED) is 0.740. The molecule has 3 rings (SSSR count). The van der Waals surface area contributed by atoms with Gasteiger partial charge in [-0.2, -0.15) is 0 Å². The second-order valence-corrected chi connectivity index (χ2v) is 4.57. The van der Waals surface area contributed by atoms with Crippen LogP contribution in [0, 0.1) is 0 Å². The third-order valence-corrected chi connectivity index (χ3v) is 3.22. The number of rotatable bonds is 5. The molecule has 0 aliphatic heterocycles. The molecule has 2 heterocycles. The molecule has 0 aliphatic carbocycles. The van der Waals surface area contributed by atoms with Gasteiger partial charge in [0.15, 0.2) is 12.2 Å². The van der Waals surface area contributed by atoms with E-state index in [1.165, 1.54) is 6.39 Å². The molecule has 0 saturated carbocycles. The summed E-state index contributed by atoms with van der Waals surface area (Å²) in [5.74, 6) is 1.71. The van der Waals surface area contributed by atoms with Crippen molar-refractivity contribution >= 4 is 5.69 Å². The molecule has 3 aromatic rings. The molecule has 4 nitrogen and oxygen atoms in total. The van der Waals surface area contributed by atoms with Crippen LogP contribution < -0.4 is 5.32 Å². The van der Waals surface area contributed by atoms with Gasteiger partial charge in [0.25, 0.3) is 0 Å². The first-order valence-electron chi connectivity index (χ1n) is 6.65. The van der Waals surface area contributed by atoms with Gasteiger partial charge in [-0.1, -0.05) is 19.1 Å². The zero-order chi connectivity index (χ0) is 13.8. The lowest BCUT2D eigenvalue weighted by atomic mass is 10.1. The summed E-state index contributed by atoms with van der Waals surface area (Å²) in [6, 6.07) is 12.1. The molecular formula is C16H16N2O2. The largest absolute Gasteiger partial charge is 0.467 e. The van der Waals surface area contributed by atoms with Crippen LogP contribution in [-0.4, -0.2) is 4.98 Å². The number of oxazole rings is 1. The molecule has 2 aromatic heterocycles. The van der Waals surface area contributed by atoms with E-state index in [0.29, 0.717) is 0 Å². The molecule has 20 heavy (non-hydrogen) atoms. The third-order valence-electron chi connectivity index (χ3n) is 3.22. The molecule has 4 heteroatoms. The van der Waals surface area contributed by atoms with Crippen LogP contribution in [0.15, 0.2) is 64.1 Å². The van der Waals surface area contributed by atoms with E-state index in [4.69, 9.17) is 8.83 Å². The normalized spacial score (nSPS) is 12.2. The average Bonchev–Trinajstić information content (AvgIpc) is 3.17. The molecule has 1 aromatic carbocycles. The molecule has 102 valence electrons. The summed E-state index contributed by atoms with van der Waals surface area (Å²) >= 11 is 0. The van der Waals surface area contributed by atoms with Gasteiger partial charge in [-0.05, 0) is 30.7 Å². The van der Waals surface area contributed by atoms with Gasteiger partial charge in [0.1, 0.15) is 5.76 Å². The van der Waals surface area contributed by atoms with Crippen LogP contribution in [0.3, 0.4) is 0 Å². The highest BCUT2D eigenvalue weighted by molar-refractivity contribution is 5.63. The Morgan fingerprint density at radius 3 is 2.85 bits per heavy atom. The molecule has 0 amide bonds. The monoisotopic (exact) mass is 268 g/mol. The molecule has 0 aliphatic rings. The summed E-state index contributed by atoms with van der Waals surface area (Å²) in [5, 5.41) is 3.48. The highest BCUT2D eigenvalue weighted by Crippen LogP contribution is 2.26. The van der Waals surface area contributed by atoms with Crippen molar-refractivity contribution in [2.75, 3.05) is 5.32 Å². The van der Waals surface area contributed by atoms with Crippen LogP contribution in [0.1, 0.15) is 25.1 Å². The SMILES string of the molecule is CCC(Nc1cccc(-c2cnco2)c1)c1ccco1. The van der Waals surface area contributed by atoms with E-state index in [2.05, 4.69) is 17.2 Å². The molecule has 0 spiro atoms. The maximum Gasteiger partial charge on any atom is 0.181 e. The average molecular weight is 268 g/mol. The molecule has 1 N–H and O–H groups in total. The fourth-order valence-corrected chi connectivity index (χ4v) is 2.19. The first kappa shape index (κ1) is 12.5. The van der Waals surface area contributed by atoms with Crippen molar-refractivity contribution in [3.05, 3.63) is 61.0 Å². The Hall–Kier alpha value is -2.49. The minimum absolute atomic E-state index is 0.162. The van der Waals surface area contributed by atoms with E-state index in [1.807, 2.05) is 36.4 Å². The lowest BCUT2D eigenvalue weighted by Crippen LogP contribution is -2.08. The number of hydrogen-bond acceptors (Lipinski definition) is 4. The third kappa shape index (κ3) is 2.59. The zero-order valence-electron chi connectivity index (χ0n) is 11.2. The first-order chi connectivity index (χ1) is 9.86. The molecule has 0 fully saturated rings. The number of nitrogens with one attached hydrogen (secondary N) is 1.